The first-order valence-electron chi connectivity index (χ1n) is 4.28. The summed E-state index contributed by atoms with van der Waals surface area (Å²) in [5.74, 6) is 2.92. The average Bonchev–Trinajstić information content (AvgIpc) is 2.16. The number of benzene rings is 1. The second-order valence-corrected chi connectivity index (χ2v) is 3.98. The lowest BCUT2D eigenvalue weighted by molar-refractivity contribution is 0.415. The van der Waals surface area contributed by atoms with Crippen molar-refractivity contribution in [2.24, 2.45) is 0 Å². The van der Waals surface area contributed by atoms with Crippen LogP contribution in [0.3, 0.4) is 0 Å². The Morgan fingerprint density at radius 2 is 2.23 bits per heavy atom. The van der Waals surface area contributed by atoms with Gasteiger partial charge in [-0.25, -0.2) is 0 Å². The third-order valence-corrected chi connectivity index (χ3v) is 2.74. The molecule has 0 aliphatic carbocycles. The molecule has 0 unspecified atom stereocenters. The van der Waals surface area contributed by atoms with Crippen LogP contribution in [-0.4, -0.2) is 12.9 Å². The molecule has 0 saturated heterocycles. The van der Waals surface area contributed by atoms with Gasteiger partial charge in [0.2, 0.25) is 0 Å². The maximum Gasteiger partial charge on any atom is 0.120 e. The standard InChI is InChI=1S/C10H15NOS/c1-3-13-7-8-4-5-9(12-2)6-10(8)11/h4-6H,3,7,11H2,1-2H3. The van der Waals surface area contributed by atoms with Crippen molar-refractivity contribution in [2.75, 3.05) is 18.6 Å². The van der Waals surface area contributed by atoms with Crippen molar-refractivity contribution in [3.8, 4) is 5.75 Å². The predicted octanol–water partition coefficient (Wildman–Crippen LogP) is 2.53. The Kier molecular flexibility index (Phi) is 3.96. The summed E-state index contributed by atoms with van der Waals surface area (Å²) in [6.07, 6.45) is 0. The van der Waals surface area contributed by atoms with Crippen LogP contribution < -0.4 is 10.5 Å². The third-order valence-electron chi connectivity index (χ3n) is 1.81. The zero-order valence-corrected chi connectivity index (χ0v) is 8.86. The van der Waals surface area contributed by atoms with Crippen molar-refractivity contribution in [2.45, 2.75) is 12.7 Å². The first-order valence-corrected chi connectivity index (χ1v) is 5.43. The summed E-state index contributed by atoms with van der Waals surface area (Å²) in [4.78, 5) is 0. The predicted molar refractivity (Wildman–Crippen MR) is 59.2 cm³/mol. The molecule has 72 valence electrons. The normalized spacial score (nSPS) is 10.0. The molecule has 2 N–H and O–H groups in total. The molecule has 0 aliphatic rings. The number of hydrogen-bond donors (Lipinski definition) is 1. The van der Waals surface area contributed by atoms with Crippen LogP contribution in [0.1, 0.15) is 12.5 Å². The Morgan fingerprint density at radius 1 is 1.46 bits per heavy atom. The van der Waals surface area contributed by atoms with Crippen molar-refractivity contribution in [3.63, 3.8) is 0 Å². The van der Waals surface area contributed by atoms with Gasteiger partial charge in [-0.3, -0.25) is 0 Å². The Hall–Kier alpha value is -0.830. The molecular weight excluding hydrogens is 182 g/mol. The monoisotopic (exact) mass is 197 g/mol. The second kappa shape index (κ2) is 5.02. The van der Waals surface area contributed by atoms with Gasteiger partial charge < -0.3 is 10.5 Å². The molecular formula is C10H15NOS. The molecule has 0 spiro atoms. The van der Waals surface area contributed by atoms with Gasteiger partial charge in [-0.1, -0.05) is 13.0 Å². The van der Waals surface area contributed by atoms with Crippen molar-refractivity contribution < 1.29 is 4.74 Å². The smallest absolute Gasteiger partial charge is 0.120 e. The fourth-order valence-corrected chi connectivity index (χ4v) is 1.73. The van der Waals surface area contributed by atoms with Crippen LogP contribution in [0.5, 0.6) is 5.75 Å². The molecule has 0 saturated carbocycles. The van der Waals surface area contributed by atoms with Crippen LogP contribution in [0.25, 0.3) is 0 Å². The minimum atomic E-state index is 0.820. The van der Waals surface area contributed by atoms with E-state index < -0.39 is 0 Å². The maximum absolute atomic E-state index is 5.84. The quantitative estimate of drug-likeness (QED) is 0.753. The van der Waals surface area contributed by atoms with E-state index in [0.29, 0.717) is 0 Å². The lowest BCUT2D eigenvalue weighted by Gasteiger charge is -2.06. The van der Waals surface area contributed by atoms with Gasteiger partial charge in [-0.05, 0) is 17.4 Å². The van der Waals surface area contributed by atoms with E-state index in [4.69, 9.17) is 10.5 Å². The van der Waals surface area contributed by atoms with Gasteiger partial charge in [-0.2, -0.15) is 11.8 Å². The number of nitrogens with two attached hydrogens (primary N) is 1. The number of nitrogen functional groups attached to an aromatic ring is 1. The fraction of sp³-hybridized carbons (Fsp3) is 0.400. The number of thioether (sulfide) groups is 1. The summed E-state index contributed by atoms with van der Waals surface area (Å²) in [7, 11) is 1.65. The van der Waals surface area contributed by atoms with Crippen molar-refractivity contribution in [1.82, 2.24) is 0 Å². The minimum Gasteiger partial charge on any atom is -0.497 e. The topological polar surface area (TPSA) is 35.2 Å². The maximum atomic E-state index is 5.84. The number of rotatable bonds is 4. The summed E-state index contributed by atoms with van der Waals surface area (Å²) in [6.45, 7) is 2.14. The van der Waals surface area contributed by atoms with Gasteiger partial charge in [-0.15, -0.1) is 0 Å². The highest BCUT2D eigenvalue weighted by atomic mass is 32.2. The zero-order valence-electron chi connectivity index (χ0n) is 8.04. The molecule has 0 radical (unpaired) electrons. The van der Waals surface area contributed by atoms with E-state index in [1.165, 1.54) is 5.56 Å². The molecule has 1 aromatic carbocycles. The minimum absolute atomic E-state index is 0.820. The van der Waals surface area contributed by atoms with Crippen LogP contribution in [0.2, 0.25) is 0 Å². The lowest BCUT2D eigenvalue weighted by atomic mass is 10.2. The number of ether oxygens (including phenoxy) is 1. The molecule has 0 aromatic heterocycles. The third kappa shape index (κ3) is 2.84. The summed E-state index contributed by atoms with van der Waals surface area (Å²) < 4.78 is 5.07. The van der Waals surface area contributed by atoms with E-state index in [0.717, 1.165) is 22.9 Å². The second-order valence-electron chi connectivity index (χ2n) is 2.70. The van der Waals surface area contributed by atoms with Crippen LogP contribution in [0, 0.1) is 0 Å². The highest BCUT2D eigenvalue weighted by Gasteiger charge is 2.00. The lowest BCUT2D eigenvalue weighted by Crippen LogP contribution is -1.94. The van der Waals surface area contributed by atoms with E-state index >= 15 is 0 Å². The van der Waals surface area contributed by atoms with E-state index in [2.05, 4.69) is 6.92 Å². The van der Waals surface area contributed by atoms with E-state index in [9.17, 15) is 0 Å². The molecule has 2 nitrogen and oxygen atoms in total. The van der Waals surface area contributed by atoms with E-state index in [1.807, 2.05) is 30.0 Å². The van der Waals surface area contributed by atoms with E-state index in [-0.39, 0.29) is 0 Å². The highest BCUT2D eigenvalue weighted by molar-refractivity contribution is 7.98. The van der Waals surface area contributed by atoms with Gasteiger partial charge in [0.05, 0.1) is 7.11 Å². The van der Waals surface area contributed by atoms with Crippen molar-refractivity contribution in [3.05, 3.63) is 23.8 Å². The fourth-order valence-electron chi connectivity index (χ4n) is 1.04. The zero-order chi connectivity index (χ0) is 9.68. The van der Waals surface area contributed by atoms with Gasteiger partial charge in [0.15, 0.2) is 0 Å². The average molecular weight is 197 g/mol. The van der Waals surface area contributed by atoms with Crippen LogP contribution >= 0.6 is 11.8 Å². The molecule has 1 rings (SSSR count). The molecule has 3 heteroatoms. The Labute approximate surface area is 83.5 Å². The molecule has 0 aliphatic heterocycles. The molecule has 0 heterocycles. The summed E-state index contributed by atoms with van der Waals surface area (Å²) in [5.41, 5.74) is 7.85. The highest BCUT2D eigenvalue weighted by Crippen LogP contribution is 2.23. The Bertz CT molecular complexity index is 276. The number of methoxy groups -OCH3 is 1. The van der Waals surface area contributed by atoms with Gasteiger partial charge in [0.1, 0.15) is 5.75 Å². The number of anilines is 1. The largest absolute Gasteiger partial charge is 0.497 e. The first-order chi connectivity index (χ1) is 6.27. The Balaban J connectivity index is 2.73. The SMILES string of the molecule is CCSCc1ccc(OC)cc1N. The molecule has 0 amide bonds. The summed E-state index contributed by atoms with van der Waals surface area (Å²) >= 11 is 1.87. The van der Waals surface area contributed by atoms with Gasteiger partial charge >= 0.3 is 0 Å². The number of hydrogen-bond acceptors (Lipinski definition) is 3. The first kappa shape index (κ1) is 10.3. The van der Waals surface area contributed by atoms with Gasteiger partial charge in [0.25, 0.3) is 0 Å². The summed E-state index contributed by atoms with van der Waals surface area (Å²) in [5, 5.41) is 0. The van der Waals surface area contributed by atoms with Crippen LogP contribution in [0.15, 0.2) is 18.2 Å². The van der Waals surface area contributed by atoms with Crippen LogP contribution in [-0.2, 0) is 5.75 Å². The van der Waals surface area contributed by atoms with Gasteiger partial charge in [0, 0.05) is 17.5 Å². The molecule has 1 aromatic rings. The van der Waals surface area contributed by atoms with E-state index in [1.54, 1.807) is 7.11 Å². The molecule has 13 heavy (non-hydrogen) atoms. The molecule has 0 atom stereocenters. The van der Waals surface area contributed by atoms with Crippen LogP contribution in [0.4, 0.5) is 5.69 Å². The summed E-state index contributed by atoms with van der Waals surface area (Å²) in [6, 6.07) is 5.84. The Morgan fingerprint density at radius 3 is 2.77 bits per heavy atom. The molecule has 0 bridgehead atoms. The van der Waals surface area contributed by atoms with Crippen molar-refractivity contribution >= 4 is 17.4 Å². The molecule has 0 fully saturated rings. The van der Waals surface area contributed by atoms with Crippen molar-refractivity contribution in [1.29, 1.82) is 0 Å².